The summed E-state index contributed by atoms with van der Waals surface area (Å²) in [7, 11) is 0. The van der Waals surface area contributed by atoms with Crippen molar-refractivity contribution in [1.82, 2.24) is 0 Å². The molecule has 2 unspecified atom stereocenters. The minimum absolute atomic E-state index is 0.426. The van der Waals surface area contributed by atoms with Crippen molar-refractivity contribution in [1.29, 1.82) is 0 Å². The Bertz CT molecular complexity index is 456. The SMILES string of the molecule is O=C(O)c1cccc2c1NC1CCCCCC21. The number of rotatable bonds is 1. The first-order valence-corrected chi connectivity index (χ1v) is 6.40. The molecule has 2 N–H and O–H groups in total. The number of anilines is 1. The Hall–Kier alpha value is -1.51. The monoisotopic (exact) mass is 231 g/mol. The summed E-state index contributed by atoms with van der Waals surface area (Å²) in [4.78, 5) is 11.2. The van der Waals surface area contributed by atoms with E-state index in [1.807, 2.05) is 6.07 Å². The van der Waals surface area contributed by atoms with Crippen molar-refractivity contribution in [2.45, 2.75) is 44.1 Å². The van der Waals surface area contributed by atoms with Gasteiger partial charge in [0, 0.05) is 12.0 Å². The van der Waals surface area contributed by atoms with Crippen molar-refractivity contribution in [3.63, 3.8) is 0 Å². The van der Waals surface area contributed by atoms with Crippen LogP contribution in [-0.2, 0) is 0 Å². The Morgan fingerprint density at radius 3 is 2.88 bits per heavy atom. The topological polar surface area (TPSA) is 49.3 Å². The molecule has 3 heteroatoms. The first kappa shape index (κ1) is 10.6. The molecule has 2 atom stereocenters. The van der Waals surface area contributed by atoms with Crippen LogP contribution >= 0.6 is 0 Å². The molecule has 3 rings (SSSR count). The van der Waals surface area contributed by atoms with E-state index in [1.165, 1.54) is 37.7 Å². The molecule has 0 bridgehead atoms. The highest BCUT2D eigenvalue weighted by molar-refractivity contribution is 5.96. The quantitative estimate of drug-likeness (QED) is 0.780. The second kappa shape index (κ2) is 4.06. The van der Waals surface area contributed by atoms with Gasteiger partial charge in [-0.25, -0.2) is 4.79 Å². The molecule has 1 aromatic rings. The number of benzene rings is 1. The van der Waals surface area contributed by atoms with Gasteiger partial charge >= 0.3 is 5.97 Å². The van der Waals surface area contributed by atoms with Crippen LogP contribution in [0.3, 0.4) is 0 Å². The molecule has 1 aromatic carbocycles. The molecule has 1 heterocycles. The zero-order valence-corrected chi connectivity index (χ0v) is 9.78. The number of para-hydroxylation sites is 1. The van der Waals surface area contributed by atoms with Gasteiger partial charge in [0.25, 0.3) is 0 Å². The van der Waals surface area contributed by atoms with Crippen LogP contribution in [0.2, 0.25) is 0 Å². The molecule has 0 spiro atoms. The molecule has 90 valence electrons. The summed E-state index contributed by atoms with van der Waals surface area (Å²) in [5, 5.41) is 12.6. The maximum atomic E-state index is 11.2. The molecule has 1 fully saturated rings. The van der Waals surface area contributed by atoms with E-state index in [4.69, 9.17) is 0 Å². The molecule has 0 amide bonds. The largest absolute Gasteiger partial charge is 0.478 e. The van der Waals surface area contributed by atoms with E-state index in [0.29, 0.717) is 17.5 Å². The lowest BCUT2D eigenvalue weighted by molar-refractivity contribution is 0.0698. The third-order valence-corrected chi connectivity index (χ3v) is 4.07. The highest BCUT2D eigenvalue weighted by Crippen LogP contribution is 2.44. The molecule has 0 saturated heterocycles. The van der Waals surface area contributed by atoms with Crippen LogP contribution in [-0.4, -0.2) is 17.1 Å². The standard InChI is InChI=1S/C14H17NO2/c16-14(17)11-7-4-6-10-9-5-2-1-3-8-12(9)15-13(10)11/h4,6-7,9,12,15H,1-3,5,8H2,(H,16,17). The van der Waals surface area contributed by atoms with Gasteiger partial charge in [-0.05, 0) is 24.5 Å². The van der Waals surface area contributed by atoms with Crippen LogP contribution in [0.4, 0.5) is 5.69 Å². The number of carboxylic acids is 1. The fourth-order valence-electron chi connectivity index (χ4n) is 3.26. The molecular weight excluding hydrogens is 214 g/mol. The van der Waals surface area contributed by atoms with Gasteiger partial charge in [-0.1, -0.05) is 31.4 Å². The summed E-state index contributed by atoms with van der Waals surface area (Å²) in [6.07, 6.45) is 6.18. The number of hydrogen-bond donors (Lipinski definition) is 2. The number of nitrogens with one attached hydrogen (secondary N) is 1. The second-order valence-electron chi connectivity index (χ2n) is 5.07. The summed E-state index contributed by atoms with van der Waals surface area (Å²) in [5.74, 6) is -0.308. The summed E-state index contributed by atoms with van der Waals surface area (Å²) >= 11 is 0. The van der Waals surface area contributed by atoms with E-state index < -0.39 is 5.97 Å². The highest BCUT2D eigenvalue weighted by Gasteiger charge is 2.34. The first-order chi connectivity index (χ1) is 8.27. The van der Waals surface area contributed by atoms with E-state index in [-0.39, 0.29) is 0 Å². The Labute approximate surface area is 101 Å². The summed E-state index contributed by atoms with van der Waals surface area (Å²) in [6, 6.07) is 6.11. The lowest BCUT2D eigenvalue weighted by Crippen LogP contribution is -2.19. The van der Waals surface area contributed by atoms with Crippen molar-refractivity contribution in [2.75, 3.05) is 5.32 Å². The van der Waals surface area contributed by atoms with Crippen LogP contribution in [0, 0.1) is 0 Å². The van der Waals surface area contributed by atoms with Gasteiger partial charge in [0.1, 0.15) is 0 Å². The third kappa shape index (κ3) is 1.70. The van der Waals surface area contributed by atoms with Gasteiger partial charge in [0.2, 0.25) is 0 Å². The predicted molar refractivity (Wildman–Crippen MR) is 66.6 cm³/mol. The highest BCUT2D eigenvalue weighted by atomic mass is 16.4. The second-order valence-corrected chi connectivity index (χ2v) is 5.07. The minimum Gasteiger partial charge on any atom is -0.478 e. The molecule has 1 saturated carbocycles. The summed E-state index contributed by atoms with van der Waals surface area (Å²) < 4.78 is 0. The Balaban J connectivity index is 2.03. The Kier molecular flexibility index (Phi) is 2.54. The zero-order chi connectivity index (χ0) is 11.8. The van der Waals surface area contributed by atoms with Crippen LogP contribution in [0.15, 0.2) is 18.2 Å². The molecule has 1 aliphatic carbocycles. The van der Waals surface area contributed by atoms with Gasteiger partial charge in [0.15, 0.2) is 0 Å². The van der Waals surface area contributed by atoms with E-state index >= 15 is 0 Å². The summed E-state index contributed by atoms with van der Waals surface area (Å²) in [5.41, 5.74) is 2.52. The number of aromatic carboxylic acids is 1. The number of carbonyl (C=O) groups is 1. The van der Waals surface area contributed by atoms with Crippen LogP contribution in [0.25, 0.3) is 0 Å². The van der Waals surface area contributed by atoms with Crippen molar-refractivity contribution in [3.05, 3.63) is 29.3 Å². The predicted octanol–water partition coefficient (Wildman–Crippen LogP) is 3.23. The fraction of sp³-hybridized carbons (Fsp3) is 0.500. The van der Waals surface area contributed by atoms with E-state index in [0.717, 1.165) is 5.69 Å². The Morgan fingerprint density at radius 2 is 2.06 bits per heavy atom. The van der Waals surface area contributed by atoms with E-state index in [1.54, 1.807) is 6.07 Å². The van der Waals surface area contributed by atoms with Crippen LogP contribution in [0.5, 0.6) is 0 Å². The zero-order valence-electron chi connectivity index (χ0n) is 9.78. The lowest BCUT2D eigenvalue weighted by atomic mass is 9.90. The van der Waals surface area contributed by atoms with Crippen LogP contribution < -0.4 is 5.32 Å². The third-order valence-electron chi connectivity index (χ3n) is 4.07. The maximum absolute atomic E-state index is 11.2. The Morgan fingerprint density at radius 1 is 1.24 bits per heavy atom. The molecule has 2 aliphatic rings. The number of hydrogen-bond acceptors (Lipinski definition) is 2. The maximum Gasteiger partial charge on any atom is 0.337 e. The smallest absolute Gasteiger partial charge is 0.337 e. The molecule has 0 radical (unpaired) electrons. The average Bonchev–Trinajstić information content (AvgIpc) is 2.52. The van der Waals surface area contributed by atoms with Crippen LogP contribution in [0.1, 0.15) is 53.9 Å². The van der Waals surface area contributed by atoms with Gasteiger partial charge in [0.05, 0.1) is 11.3 Å². The molecule has 1 aliphatic heterocycles. The first-order valence-electron chi connectivity index (χ1n) is 6.40. The van der Waals surface area contributed by atoms with Crippen molar-refractivity contribution < 1.29 is 9.90 Å². The number of carboxylic acid groups (broad SMARTS) is 1. The van der Waals surface area contributed by atoms with Gasteiger partial charge in [-0.2, -0.15) is 0 Å². The van der Waals surface area contributed by atoms with Crippen molar-refractivity contribution in [3.8, 4) is 0 Å². The average molecular weight is 231 g/mol. The van der Waals surface area contributed by atoms with Crippen molar-refractivity contribution >= 4 is 11.7 Å². The normalized spacial score (nSPS) is 26.6. The summed E-state index contributed by atoms with van der Waals surface area (Å²) in [6.45, 7) is 0. The molecular formula is C14H17NO2. The van der Waals surface area contributed by atoms with Crippen molar-refractivity contribution in [2.24, 2.45) is 0 Å². The molecule has 0 aromatic heterocycles. The fourth-order valence-corrected chi connectivity index (χ4v) is 3.26. The van der Waals surface area contributed by atoms with Gasteiger partial charge < -0.3 is 10.4 Å². The lowest BCUT2D eigenvalue weighted by Gasteiger charge is -2.16. The number of fused-ring (bicyclic) bond motifs is 3. The molecule has 3 nitrogen and oxygen atoms in total. The van der Waals surface area contributed by atoms with E-state index in [9.17, 15) is 9.90 Å². The minimum atomic E-state index is -0.828. The van der Waals surface area contributed by atoms with E-state index in [2.05, 4.69) is 11.4 Å². The van der Waals surface area contributed by atoms with Gasteiger partial charge in [-0.15, -0.1) is 0 Å². The molecule has 17 heavy (non-hydrogen) atoms. The van der Waals surface area contributed by atoms with Gasteiger partial charge in [-0.3, -0.25) is 0 Å².